The fraction of sp³-hybridized carbons (Fsp3) is 0.200. The summed E-state index contributed by atoms with van der Waals surface area (Å²) in [5.74, 6) is 0.405. The largest absolute Gasteiger partial charge is 0.491 e. The van der Waals surface area contributed by atoms with Crippen LogP contribution in [0.2, 0.25) is 0 Å². The summed E-state index contributed by atoms with van der Waals surface area (Å²) in [5.41, 5.74) is 8.21. The summed E-state index contributed by atoms with van der Waals surface area (Å²) >= 11 is 2.08. The average molecular weight is 386 g/mol. The Hall–Kier alpha value is -1.50. The molecular formula is C15H16FIN2O. The molecule has 0 aromatic heterocycles. The van der Waals surface area contributed by atoms with Gasteiger partial charge in [0.25, 0.3) is 0 Å². The van der Waals surface area contributed by atoms with Gasteiger partial charge in [0.1, 0.15) is 11.6 Å². The molecule has 0 atom stereocenters. The first-order valence-corrected chi connectivity index (χ1v) is 7.43. The second-order valence-electron chi connectivity index (χ2n) is 4.32. The number of rotatable bonds is 5. The Bertz CT molecular complexity index is 604. The van der Waals surface area contributed by atoms with Crippen LogP contribution in [-0.2, 0) is 0 Å². The third-order valence-corrected chi connectivity index (χ3v) is 3.62. The number of halogens is 2. The maximum Gasteiger partial charge on any atom is 0.144 e. The van der Waals surface area contributed by atoms with Crippen LogP contribution in [0.3, 0.4) is 0 Å². The van der Waals surface area contributed by atoms with Crippen LogP contribution in [0.5, 0.6) is 5.75 Å². The maximum atomic E-state index is 13.1. The molecule has 2 aromatic carbocycles. The van der Waals surface area contributed by atoms with Crippen molar-refractivity contribution < 1.29 is 9.13 Å². The van der Waals surface area contributed by atoms with Gasteiger partial charge in [-0.05, 0) is 59.3 Å². The summed E-state index contributed by atoms with van der Waals surface area (Å²) in [7, 11) is 0. The fourth-order valence-corrected chi connectivity index (χ4v) is 2.34. The number of para-hydroxylation sites is 1. The molecule has 0 saturated carbocycles. The minimum absolute atomic E-state index is 0.257. The molecule has 2 rings (SSSR count). The van der Waals surface area contributed by atoms with E-state index >= 15 is 0 Å². The molecule has 0 aliphatic rings. The van der Waals surface area contributed by atoms with E-state index in [4.69, 9.17) is 10.5 Å². The van der Waals surface area contributed by atoms with Crippen LogP contribution in [0.1, 0.15) is 13.3 Å². The number of nitrogen functional groups attached to an aromatic ring is 1. The van der Waals surface area contributed by atoms with E-state index in [0.29, 0.717) is 18.0 Å². The first kappa shape index (κ1) is 14.9. The number of hydrogen-bond donors (Lipinski definition) is 2. The molecule has 0 spiro atoms. The third kappa shape index (κ3) is 3.53. The van der Waals surface area contributed by atoms with Crippen LogP contribution in [0.4, 0.5) is 21.5 Å². The summed E-state index contributed by atoms with van der Waals surface area (Å²) in [5, 5.41) is 3.21. The van der Waals surface area contributed by atoms with Gasteiger partial charge in [0.05, 0.1) is 23.7 Å². The van der Waals surface area contributed by atoms with E-state index in [1.807, 2.05) is 25.1 Å². The van der Waals surface area contributed by atoms with Crippen molar-refractivity contribution in [3.63, 3.8) is 0 Å². The Morgan fingerprint density at radius 1 is 1.25 bits per heavy atom. The molecule has 2 aromatic rings. The normalized spacial score (nSPS) is 10.3. The Morgan fingerprint density at radius 3 is 2.75 bits per heavy atom. The van der Waals surface area contributed by atoms with E-state index in [2.05, 4.69) is 27.9 Å². The van der Waals surface area contributed by atoms with Gasteiger partial charge in [-0.2, -0.15) is 0 Å². The molecule has 0 aliphatic heterocycles. The summed E-state index contributed by atoms with van der Waals surface area (Å²) < 4.78 is 19.5. The van der Waals surface area contributed by atoms with E-state index in [1.165, 1.54) is 12.1 Å². The van der Waals surface area contributed by atoms with Crippen molar-refractivity contribution in [2.45, 2.75) is 13.3 Å². The molecule has 0 saturated heterocycles. The maximum absolute atomic E-state index is 13.1. The van der Waals surface area contributed by atoms with Crippen LogP contribution in [0, 0.1) is 9.39 Å². The summed E-state index contributed by atoms with van der Waals surface area (Å²) in [6.45, 7) is 2.67. The van der Waals surface area contributed by atoms with Gasteiger partial charge in [0, 0.05) is 3.57 Å². The lowest BCUT2D eigenvalue weighted by atomic mass is 10.2. The molecule has 3 nitrogen and oxygen atoms in total. The van der Waals surface area contributed by atoms with Gasteiger partial charge >= 0.3 is 0 Å². The smallest absolute Gasteiger partial charge is 0.144 e. The number of nitrogens with two attached hydrogens (primary N) is 1. The standard InChI is InChI=1S/C15H16FIN2O/c1-2-8-20-14-5-3-4-13(15(14)18)19-12-7-6-10(16)9-11(12)17/h3-7,9,19H,2,8,18H2,1H3. The Kier molecular flexibility index (Phi) is 5.05. The fourth-order valence-electron chi connectivity index (χ4n) is 1.73. The predicted octanol–water partition coefficient (Wildman–Crippen LogP) is 4.54. The van der Waals surface area contributed by atoms with Crippen molar-refractivity contribution >= 4 is 39.7 Å². The summed E-state index contributed by atoms with van der Waals surface area (Å²) in [6, 6.07) is 10.2. The molecule has 0 unspecified atom stereocenters. The highest BCUT2D eigenvalue weighted by atomic mass is 127. The van der Waals surface area contributed by atoms with Crippen LogP contribution in [0.15, 0.2) is 36.4 Å². The Morgan fingerprint density at radius 2 is 2.05 bits per heavy atom. The molecule has 0 amide bonds. The topological polar surface area (TPSA) is 47.3 Å². The highest BCUT2D eigenvalue weighted by Crippen LogP contribution is 2.33. The van der Waals surface area contributed by atoms with Gasteiger partial charge < -0.3 is 15.8 Å². The highest BCUT2D eigenvalue weighted by molar-refractivity contribution is 14.1. The lowest BCUT2D eigenvalue weighted by Gasteiger charge is -2.14. The zero-order chi connectivity index (χ0) is 14.5. The van der Waals surface area contributed by atoms with Crippen molar-refractivity contribution in [1.29, 1.82) is 0 Å². The second kappa shape index (κ2) is 6.78. The lowest BCUT2D eigenvalue weighted by Crippen LogP contribution is -2.03. The van der Waals surface area contributed by atoms with Gasteiger partial charge in [0.15, 0.2) is 0 Å². The van der Waals surface area contributed by atoms with Crippen LogP contribution >= 0.6 is 22.6 Å². The molecular weight excluding hydrogens is 370 g/mol. The van der Waals surface area contributed by atoms with Crippen LogP contribution in [-0.4, -0.2) is 6.61 Å². The highest BCUT2D eigenvalue weighted by Gasteiger charge is 2.08. The second-order valence-corrected chi connectivity index (χ2v) is 5.48. The first-order chi connectivity index (χ1) is 9.61. The van der Waals surface area contributed by atoms with Gasteiger partial charge in [-0.15, -0.1) is 0 Å². The van der Waals surface area contributed by atoms with Crippen molar-refractivity contribution in [3.8, 4) is 5.75 Å². The molecule has 0 radical (unpaired) electrons. The van der Waals surface area contributed by atoms with Crippen molar-refractivity contribution in [3.05, 3.63) is 45.8 Å². The van der Waals surface area contributed by atoms with E-state index in [0.717, 1.165) is 21.4 Å². The Labute approximate surface area is 131 Å². The minimum Gasteiger partial charge on any atom is -0.491 e. The van der Waals surface area contributed by atoms with Gasteiger partial charge in [-0.25, -0.2) is 4.39 Å². The van der Waals surface area contributed by atoms with Gasteiger partial charge in [0.2, 0.25) is 0 Å². The summed E-state index contributed by atoms with van der Waals surface area (Å²) in [4.78, 5) is 0. The number of hydrogen-bond acceptors (Lipinski definition) is 3. The minimum atomic E-state index is -0.257. The zero-order valence-corrected chi connectivity index (χ0v) is 13.3. The molecule has 3 N–H and O–H groups in total. The van der Waals surface area contributed by atoms with Gasteiger partial charge in [-0.3, -0.25) is 0 Å². The van der Waals surface area contributed by atoms with Crippen molar-refractivity contribution in [2.24, 2.45) is 0 Å². The lowest BCUT2D eigenvalue weighted by molar-refractivity contribution is 0.319. The van der Waals surface area contributed by atoms with E-state index in [1.54, 1.807) is 6.07 Å². The van der Waals surface area contributed by atoms with Gasteiger partial charge in [-0.1, -0.05) is 13.0 Å². The predicted molar refractivity (Wildman–Crippen MR) is 89.0 cm³/mol. The molecule has 106 valence electrons. The van der Waals surface area contributed by atoms with Crippen molar-refractivity contribution in [1.82, 2.24) is 0 Å². The SMILES string of the molecule is CCCOc1cccc(Nc2ccc(F)cc2I)c1N. The molecule has 0 aliphatic carbocycles. The Balaban J connectivity index is 2.24. The summed E-state index contributed by atoms with van der Waals surface area (Å²) in [6.07, 6.45) is 0.924. The zero-order valence-electron chi connectivity index (χ0n) is 11.1. The van der Waals surface area contributed by atoms with E-state index in [-0.39, 0.29) is 5.82 Å². The molecule has 20 heavy (non-hydrogen) atoms. The number of ether oxygens (including phenoxy) is 1. The van der Waals surface area contributed by atoms with Crippen molar-refractivity contribution in [2.75, 3.05) is 17.7 Å². The first-order valence-electron chi connectivity index (χ1n) is 6.35. The van der Waals surface area contributed by atoms with E-state index in [9.17, 15) is 4.39 Å². The number of anilines is 3. The number of benzene rings is 2. The third-order valence-electron chi connectivity index (χ3n) is 2.73. The molecule has 0 heterocycles. The number of nitrogens with one attached hydrogen (secondary N) is 1. The monoisotopic (exact) mass is 386 g/mol. The van der Waals surface area contributed by atoms with E-state index < -0.39 is 0 Å². The quantitative estimate of drug-likeness (QED) is 0.586. The molecule has 0 fully saturated rings. The average Bonchev–Trinajstić information content (AvgIpc) is 2.42. The molecule has 5 heteroatoms. The molecule has 0 bridgehead atoms. The van der Waals surface area contributed by atoms with Crippen LogP contribution in [0.25, 0.3) is 0 Å². The van der Waals surface area contributed by atoms with Crippen LogP contribution < -0.4 is 15.8 Å².